The van der Waals surface area contributed by atoms with Crippen LogP contribution in [0.3, 0.4) is 0 Å². The monoisotopic (exact) mass is 435 g/mol. The van der Waals surface area contributed by atoms with E-state index in [0.29, 0.717) is 0 Å². The number of nitro groups is 1. The summed E-state index contributed by atoms with van der Waals surface area (Å²) in [5.74, 6) is -1.30. The maximum absolute atomic E-state index is 12.3. The highest BCUT2D eigenvalue weighted by Gasteiger charge is 2.20. The number of anilines is 1. The number of nitro benzene ring substituents is 1. The molecule has 1 amide bonds. The van der Waals surface area contributed by atoms with Gasteiger partial charge in [0.2, 0.25) is 10.0 Å². The Bertz CT molecular complexity index is 1060. The first kappa shape index (κ1) is 23.0. The van der Waals surface area contributed by atoms with Crippen LogP contribution in [-0.4, -0.2) is 37.4 Å². The molecule has 0 unspecified atom stereocenters. The van der Waals surface area contributed by atoms with Crippen molar-refractivity contribution in [2.45, 2.75) is 31.3 Å². The van der Waals surface area contributed by atoms with Crippen LogP contribution >= 0.6 is 0 Å². The Labute approximate surface area is 173 Å². The highest BCUT2D eigenvalue weighted by molar-refractivity contribution is 7.89. The fraction of sp³-hybridized carbons (Fsp3) is 0.263. The van der Waals surface area contributed by atoms with E-state index in [1.165, 1.54) is 42.5 Å². The average molecular weight is 435 g/mol. The molecule has 0 saturated heterocycles. The van der Waals surface area contributed by atoms with E-state index in [2.05, 4.69) is 10.0 Å². The Hall–Kier alpha value is -3.31. The fourth-order valence-electron chi connectivity index (χ4n) is 2.30. The van der Waals surface area contributed by atoms with Crippen LogP contribution in [0.25, 0.3) is 0 Å². The summed E-state index contributed by atoms with van der Waals surface area (Å²) in [6.45, 7) is 4.48. The number of rotatable bonds is 7. The summed E-state index contributed by atoms with van der Waals surface area (Å²) in [5.41, 5.74) is -0.584. The molecule has 0 heterocycles. The molecular weight excluding hydrogens is 414 g/mol. The first-order chi connectivity index (χ1) is 13.9. The lowest BCUT2D eigenvalue weighted by Crippen LogP contribution is -2.34. The number of benzene rings is 2. The van der Waals surface area contributed by atoms with Gasteiger partial charge in [0.25, 0.3) is 11.6 Å². The molecule has 0 saturated carbocycles. The Morgan fingerprint density at radius 1 is 1.10 bits per heavy atom. The van der Waals surface area contributed by atoms with Gasteiger partial charge in [-0.3, -0.25) is 19.7 Å². The van der Waals surface area contributed by atoms with Gasteiger partial charge >= 0.3 is 5.97 Å². The lowest BCUT2D eigenvalue weighted by atomic mass is 10.2. The van der Waals surface area contributed by atoms with Crippen molar-refractivity contribution in [2.75, 3.05) is 11.9 Å². The summed E-state index contributed by atoms with van der Waals surface area (Å²) in [5, 5.41) is 13.3. The normalized spacial score (nSPS) is 11.6. The van der Waals surface area contributed by atoms with Gasteiger partial charge in [-0.1, -0.05) is 6.07 Å². The number of hydrogen-bond acceptors (Lipinski definition) is 7. The second kappa shape index (κ2) is 9.01. The van der Waals surface area contributed by atoms with Crippen molar-refractivity contribution in [3.8, 4) is 0 Å². The topological polar surface area (TPSA) is 145 Å². The summed E-state index contributed by atoms with van der Waals surface area (Å²) >= 11 is 0. The Kier molecular flexibility index (Phi) is 6.90. The molecule has 0 aromatic heterocycles. The van der Waals surface area contributed by atoms with E-state index in [1.54, 1.807) is 20.8 Å². The van der Waals surface area contributed by atoms with E-state index in [1.807, 2.05) is 0 Å². The SMILES string of the molecule is CC(C)(C)OC(=O)CNS(=O)(=O)c1ccc(NC(=O)c2cccc([N+](=O)[O-])c2)cc1. The van der Waals surface area contributed by atoms with Crippen LogP contribution in [0.2, 0.25) is 0 Å². The van der Waals surface area contributed by atoms with Gasteiger partial charge in [-0.2, -0.15) is 4.72 Å². The molecule has 2 rings (SSSR count). The predicted molar refractivity (Wildman–Crippen MR) is 109 cm³/mol. The smallest absolute Gasteiger partial charge is 0.321 e. The standard InChI is InChI=1S/C19H21N3O7S/c1-19(2,3)29-17(23)12-20-30(27,28)16-9-7-14(8-10-16)21-18(24)13-5-4-6-15(11-13)22(25)26/h4-11,20H,12H2,1-3H3,(H,21,24). The number of carbonyl (C=O) groups excluding carboxylic acids is 2. The summed E-state index contributed by atoms with van der Waals surface area (Å²) in [7, 11) is -3.96. The second-order valence-electron chi connectivity index (χ2n) is 7.20. The summed E-state index contributed by atoms with van der Waals surface area (Å²) in [6.07, 6.45) is 0. The van der Waals surface area contributed by atoms with Crippen LogP contribution in [-0.2, 0) is 19.6 Å². The van der Waals surface area contributed by atoms with Crippen LogP contribution in [0.15, 0.2) is 53.4 Å². The highest BCUT2D eigenvalue weighted by atomic mass is 32.2. The molecule has 0 aliphatic rings. The van der Waals surface area contributed by atoms with Gasteiger partial charge in [0, 0.05) is 23.4 Å². The molecule has 2 N–H and O–H groups in total. The third-order valence-electron chi connectivity index (χ3n) is 3.57. The van der Waals surface area contributed by atoms with Crippen molar-refractivity contribution in [1.82, 2.24) is 4.72 Å². The molecule has 0 spiro atoms. The first-order valence-corrected chi connectivity index (χ1v) is 10.2. The van der Waals surface area contributed by atoms with Gasteiger partial charge in [-0.05, 0) is 51.1 Å². The Balaban J connectivity index is 2.03. The maximum Gasteiger partial charge on any atom is 0.321 e. The van der Waals surface area contributed by atoms with Gasteiger partial charge in [-0.25, -0.2) is 8.42 Å². The van der Waals surface area contributed by atoms with Crippen LogP contribution in [0.5, 0.6) is 0 Å². The van der Waals surface area contributed by atoms with E-state index in [-0.39, 0.29) is 21.8 Å². The highest BCUT2D eigenvalue weighted by Crippen LogP contribution is 2.17. The lowest BCUT2D eigenvalue weighted by Gasteiger charge is -2.19. The molecule has 0 bridgehead atoms. The molecule has 0 aliphatic carbocycles. The van der Waals surface area contributed by atoms with Gasteiger partial charge in [-0.15, -0.1) is 0 Å². The molecule has 2 aromatic carbocycles. The van der Waals surface area contributed by atoms with Gasteiger partial charge in [0.05, 0.1) is 9.82 Å². The van der Waals surface area contributed by atoms with Crippen LogP contribution in [0, 0.1) is 10.1 Å². The van der Waals surface area contributed by atoms with Crippen molar-refractivity contribution < 1.29 is 27.7 Å². The number of sulfonamides is 1. The van der Waals surface area contributed by atoms with Crippen molar-refractivity contribution in [1.29, 1.82) is 0 Å². The summed E-state index contributed by atoms with van der Waals surface area (Å²) in [4.78, 5) is 34.0. The fourth-order valence-corrected chi connectivity index (χ4v) is 3.27. The molecule has 0 fully saturated rings. The number of hydrogen-bond donors (Lipinski definition) is 2. The van der Waals surface area contributed by atoms with E-state index in [9.17, 15) is 28.1 Å². The largest absolute Gasteiger partial charge is 0.459 e. The maximum atomic E-state index is 12.3. The number of nitrogens with zero attached hydrogens (tertiary/aromatic N) is 1. The minimum Gasteiger partial charge on any atom is -0.459 e. The van der Waals surface area contributed by atoms with Gasteiger partial charge in [0.15, 0.2) is 0 Å². The molecule has 30 heavy (non-hydrogen) atoms. The van der Waals surface area contributed by atoms with Crippen LogP contribution < -0.4 is 10.0 Å². The molecule has 11 heteroatoms. The minimum atomic E-state index is -3.96. The zero-order valence-corrected chi connectivity index (χ0v) is 17.4. The molecule has 0 atom stereocenters. The second-order valence-corrected chi connectivity index (χ2v) is 8.96. The molecular formula is C19H21N3O7S. The van der Waals surface area contributed by atoms with E-state index < -0.39 is 39.0 Å². The Morgan fingerprint density at radius 2 is 1.73 bits per heavy atom. The number of non-ortho nitro benzene ring substituents is 1. The van der Waals surface area contributed by atoms with Gasteiger partial charge < -0.3 is 10.1 Å². The van der Waals surface area contributed by atoms with E-state index in [0.717, 1.165) is 6.07 Å². The summed E-state index contributed by atoms with van der Waals surface area (Å²) < 4.78 is 31.8. The molecule has 160 valence electrons. The zero-order chi connectivity index (χ0) is 22.5. The van der Waals surface area contributed by atoms with Crippen molar-refractivity contribution >= 4 is 33.3 Å². The molecule has 10 nitrogen and oxygen atoms in total. The quantitative estimate of drug-likeness (QED) is 0.386. The van der Waals surface area contributed by atoms with Crippen molar-refractivity contribution in [3.63, 3.8) is 0 Å². The molecule has 2 aromatic rings. The summed E-state index contributed by atoms with van der Waals surface area (Å²) in [6, 6.07) is 10.4. The molecule has 0 aliphatic heterocycles. The zero-order valence-electron chi connectivity index (χ0n) is 16.5. The average Bonchev–Trinajstić information content (AvgIpc) is 2.65. The third kappa shape index (κ3) is 6.64. The van der Waals surface area contributed by atoms with Crippen LogP contribution in [0.4, 0.5) is 11.4 Å². The van der Waals surface area contributed by atoms with E-state index in [4.69, 9.17) is 4.74 Å². The Morgan fingerprint density at radius 3 is 2.30 bits per heavy atom. The number of carbonyl (C=O) groups is 2. The van der Waals surface area contributed by atoms with Gasteiger partial charge in [0.1, 0.15) is 12.1 Å². The predicted octanol–water partition coefficient (Wildman–Crippen LogP) is 2.47. The number of esters is 1. The van der Waals surface area contributed by atoms with Crippen molar-refractivity contribution in [3.05, 3.63) is 64.2 Å². The van der Waals surface area contributed by atoms with E-state index >= 15 is 0 Å². The van der Waals surface area contributed by atoms with Crippen molar-refractivity contribution in [2.24, 2.45) is 0 Å². The number of ether oxygens (including phenoxy) is 1. The molecule has 0 radical (unpaired) electrons. The number of amides is 1. The third-order valence-corrected chi connectivity index (χ3v) is 4.99. The van der Waals surface area contributed by atoms with Crippen LogP contribution in [0.1, 0.15) is 31.1 Å². The number of nitrogens with one attached hydrogen (secondary N) is 2. The lowest BCUT2D eigenvalue weighted by molar-refractivity contribution is -0.384. The first-order valence-electron chi connectivity index (χ1n) is 8.75. The minimum absolute atomic E-state index is 0.0833.